The molecule has 0 amide bonds. The molecule has 3 heteroatoms. The molecule has 1 heterocycles. The Morgan fingerprint density at radius 2 is 1.54 bits per heavy atom. The maximum absolute atomic E-state index is 6.47. The fraction of sp³-hybridized carbons (Fsp3) is 0.760. The van der Waals surface area contributed by atoms with E-state index >= 15 is 0 Å². The number of rotatable bonds is 15. The zero-order chi connectivity index (χ0) is 20.3. The largest absolute Gasteiger partial charge is 0.380 e. The molecule has 1 aliphatic rings. The number of hydrogen-bond acceptors (Lipinski definition) is 3. The Kier molecular flexibility index (Phi) is 9.98. The highest BCUT2D eigenvalue weighted by molar-refractivity contribution is 5.22. The minimum Gasteiger partial charge on any atom is -0.380 e. The van der Waals surface area contributed by atoms with Crippen LogP contribution in [0, 0.1) is 11.3 Å². The standard InChI is InChI=1S/C25H42O3/c1-5-8-9-10-11-13-18-23(19-24(4)20-26-21-24)25(27-6-2,28-7-3)22-16-14-12-15-17-22/h12,14-17,23H,5-11,13,18-21H2,1-4H3. The van der Waals surface area contributed by atoms with Gasteiger partial charge in [-0.3, -0.25) is 0 Å². The molecule has 1 atom stereocenters. The lowest BCUT2D eigenvalue weighted by atomic mass is 9.73. The molecule has 3 nitrogen and oxygen atoms in total. The van der Waals surface area contributed by atoms with Gasteiger partial charge >= 0.3 is 0 Å². The Labute approximate surface area is 173 Å². The number of hydrogen-bond donors (Lipinski definition) is 0. The molecule has 0 N–H and O–H groups in total. The number of benzene rings is 1. The van der Waals surface area contributed by atoms with E-state index in [1.54, 1.807) is 0 Å². The third-order valence-corrected chi connectivity index (χ3v) is 5.98. The molecular weight excluding hydrogens is 348 g/mol. The molecule has 1 aromatic carbocycles. The molecule has 0 aliphatic carbocycles. The first-order valence-electron chi connectivity index (χ1n) is 11.5. The van der Waals surface area contributed by atoms with Crippen LogP contribution in [0.1, 0.15) is 84.6 Å². The third kappa shape index (κ3) is 6.30. The van der Waals surface area contributed by atoms with Crippen molar-refractivity contribution in [2.45, 2.75) is 84.8 Å². The minimum atomic E-state index is -0.660. The Bertz CT molecular complexity index is 518. The second kappa shape index (κ2) is 11.9. The molecule has 28 heavy (non-hydrogen) atoms. The predicted molar refractivity (Wildman–Crippen MR) is 116 cm³/mol. The van der Waals surface area contributed by atoms with Gasteiger partial charge in [-0.1, -0.05) is 82.7 Å². The Hall–Kier alpha value is -0.900. The van der Waals surface area contributed by atoms with Crippen LogP contribution in [0.4, 0.5) is 0 Å². The molecule has 160 valence electrons. The zero-order valence-corrected chi connectivity index (χ0v) is 18.7. The second-order valence-corrected chi connectivity index (χ2v) is 8.66. The summed E-state index contributed by atoms with van der Waals surface area (Å²) in [5.74, 6) is -0.331. The fourth-order valence-electron chi connectivity index (χ4n) is 4.54. The highest BCUT2D eigenvalue weighted by Crippen LogP contribution is 2.46. The van der Waals surface area contributed by atoms with E-state index in [0.717, 1.165) is 31.6 Å². The van der Waals surface area contributed by atoms with Crippen LogP contribution >= 0.6 is 0 Å². The molecule has 1 aliphatic heterocycles. The van der Waals surface area contributed by atoms with Crippen LogP contribution in [0.5, 0.6) is 0 Å². The van der Waals surface area contributed by atoms with Gasteiger partial charge in [0.1, 0.15) is 0 Å². The summed E-state index contributed by atoms with van der Waals surface area (Å²) in [5, 5.41) is 0. The summed E-state index contributed by atoms with van der Waals surface area (Å²) < 4.78 is 18.5. The highest BCUT2D eigenvalue weighted by Gasteiger charge is 2.47. The van der Waals surface area contributed by atoms with Crippen LogP contribution < -0.4 is 0 Å². The lowest BCUT2D eigenvalue weighted by Crippen LogP contribution is -2.48. The van der Waals surface area contributed by atoms with E-state index in [9.17, 15) is 0 Å². The van der Waals surface area contributed by atoms with Crippen molar-refractivity contribution < 1.29 is 14.2 Å². The first kappa shape index (κ1) is 23.4. The second-order valence-electron chi connectivity index (χ2n) is 8.66. The summed E-state index contributed by atoms with van der Waals surface area (Å²) >= 11 is 0. The average molecular weight is 391 g/mol. The van der Waals surface area contributed by atoms with Gasteiger partial charge in [-0.2, -0.15) is 0 Å². The molecule has 1 aromatic rings. The van der Waals surface area contributed by atoms with Crippen molar-refractivity contribution in [2.75, 3.05) is 26.4 Å². The van der Waals surface area contributed by atoms with Crippen molar-refractivity contribution in [3.05, 3.63) is 35.9 Å². The molecule has 1 unspecified atom stereocenters. The number of ether oxygens (including phenoxy) is 3. The van der Waals surface area contributed by atoms with Gasteiger partial charge in [0.25, 0.3) is 0 Å². The normalized spacial score (nSPS) is 17.3. The SMILES string of the molecule is CCCCCCCCC(CC1(C)COC1)C(OCC)(OCC)c1ccccc1. The van der Waals surface area contributed by atoms with Crippen LogP contribution in [0.15, 0.2) is 30.3 Å². The molecule has 0 bridgehead atoms. The monoisotopic (exact) mass is 390 g/mol. The molecular formula is C25H42O3. The lowest BCUT2D eigenvalue weighted by molar-refractivity contribution is -0.285. The first-order valence-corrected chi connectivity index (χ1v) is 11.5. The molecule has 0 aromatic heterocycles. The summed E-state index contributed by atoms with van der Waals surface area (Å²) in [6, 6.07) is 10.6. The molecule has 0 spiro atoms. The van der Waals surface area contributed by atoms with Gasteiger partial charge in [-0.25, -0.2) is 0 Å². The van der Waals surface area contributed by atoms with Crippen LogP contribution in [0.25, 0.3) is 0 Å². The van der Waals surface area contributed by atoms with Gasteiger partial charge in [-0.15, -0.1) is 0 Å². The third-order valence-electron chi connectivity index (χ3n) is 5.98. The zero-order valence-electron chi connectivity index (χ0n) is 18.7. The summed E-state index contributed by atoms with van der Waals surface area (Å²) in [6.45, 7) is 11.8. The van der Waals surface area contributed by atoms with Crippen LogP contribution in [-0.2, 0) is 20.0 Å². The van der Waals surface area contributed by atoms with E-state index in [-0.39, 0.29) is 5.41 Å². The highest BCUT2D eigenvalue weighted by atomic mass is 16.7. The lowest BCUT2D eigenvalue weighted by Gasteiger charge is -2.47. The van der Waals surface area contributed by atoms with Gasteiger partial charge in [0.15, 0.2) is 5.79 Å². The van der Waals surface area contributed by atoms with Crippen molar-refractivity contribution >= 4 is 0 Å². The molecule has 0 saturated carbocycles. The van der Waals surface area contributed by atoms with Crippen LogP contribution in [0.3, 0.4) is 0 Å². The molecule has 1 saturated heterocycles. The fourth-order valence-corrected chi connectivity index (χ4v) is 4.54. The van der Waals surface area contributed by atoms with E-state index in [4.69, 9.17) is 14.2 Å². The van der Waals surface area contributed by atoms with Gasteiger partial charge in [-0.05, 0) is 26.7 Å². The smallest absolute Gasteiger partial charge is 0.197 e. The predicted octanol–water partition coefficient (Wildman–Crippen LogP) is 6.71. The van der Waals surface area contributed by atoms with Crippen molar-refractivity contribution in [2.24, 2.45) is 11.3 Å². The average Bonchev–Trinajstić information content (AvgIpc) is 2.69. The van der Waals surface area contributed by atoms with E-state index in [1.807, 2.05) is 0 Å². The quantitative estimate of drug-likeness (QED) is 0.246. The van der Waals surface area contributed by atoms with Gasteiger partial charge < -0.3 is 14.2 Å². The minimum absolute atomic E-state index is 0.237. The van der Waals surface area contributed by atoms with E-state index in [1.165, 1.54) is 38.5 Å². The number of unbranched alkanes of at least 4 members (excludes halogenated alkanes) is 5. The molecule has 1 fully saturated rings. The maximum atomic E-state index is 6.47. The van der Waals surface area contributed by atoms with Crippen molar-refractivity contribution in [1.29, 1.82) is 0 Å². The Morgan fingerprint density at radius 1 is 0.929 bits per heavy atom. The van der Waals surface area contributed by atoms with Crippen molar-refractivity contribution in [1.82, 2.24) is 0 Å². The van der Waals surface area contributed by atoms with Crippen LogP contribution in [-0.4, -0.2) is 26.4 Å². The summed E-state index contributed by atoms with van der Waals surface area (Å²) in [7, 11) is 0. The topological polar surface area (TPSA) is 27.7 Å². The van der Waals surface area contributed by atoms with Gasteiger partial charge in [0.2, 0.25) is 0 Å². The molecule has 2 rings (SSSR count). The van der Waals surface area contributed by atoms with Crippen LogP contribution in [0.2, 0.25) is 0 Å². The molecule has 0 radical (unpaired) electrons. The van der Waals surface area contributed by atoms with Gasteiger partial charge in [0.05, 0.1) is 13.2 Å². The Balaban J connectivity index is 2.20. The van der Waals surface area contributed by atoms with Crippen molar-refractivity contribution in [3.8, 4) is 0 Å². The van der Waals surface area contributed by atoms with E-state index < -0.39 is 5.79 Å². The maximum Gasteiger partial charge on any atom is 0.197 e. The summed E-state index contributed by atoms with van der Waals surface area (Å²) in [4.78, 5) is 0. The van der Waals surface area contributed by atoms with E-state index in [0.29, 0.717) is 19.1 Å². The van der Waals surface area contributed by atoms with Crippen molar-refractivity contribution in [3.63, 3.8) is 0 Å². The summed E-state index contributed by atoms with van der Waals surface area (Å²) in [6.07, 6.45) is 10.1. The first-order chi connectivity index (χ1) is 13.6. The Morgan fingerprint density at radius 3 is 2.07 bits per heavy atom. The summed E-state index contributed by atoms with van der Waals surface area (Å²) in [5.41, 5.74) is 1.39. The van der Waals surface area contributed by atoms with Gasteiger partial charge in [0, 0.05) is 30.1 Å². The van der Waals surface area contributed by atoms with E-state index in [2.05, 4.69) is 58.0 Å².